The van der Waals surface area contributed by atoms with E-state index in [1.165, 1.54) is 7.05 Å². The summed E-state index contributed by atoms with van der Waals surface area (Å²) in [6, 6.07) is 7.36. The summed E-state index contributed by atoms with van der Waals surface area (Å²) in [5.41, 5.74) is 8.97. The molecule has 108 valence electrons. The third-order valence-corrected chi connectivity index (χ3v) is 4.32. The predicted molar refractivity (Wildman–Crippen MR) is 82.2 cm³/mol. The van der Waals surface area contributed by atoms with Crippen molar-refractivity contribution in [2.75, 3.05) is 30.4 Å². The van der Waals surface area contributed by atoms with Gasteiger partial charge >= 0.3 is 0 Å². The molecular weight excluding hydrogens is 276 g/mol. The van der Waals surface area contributed by atoms with E-state index < -0.39 is 10.0 Å². The van der Waals surface area contributed by atoms with E-state index in [0.29, 0.717) is 12.2 Å². The Morgan fingerprint density at radius 2 is 2.05 bits per heavy atom. The van der Waals surface area contributed by atoms with Crippen LogP contribution < -0.4 is 15.8 Å². The molecule has 4 N–H and O–H groups in total. The standard InChI is InChI=1S/C13H18N4O2S/c1-9-7-13(16-5-6-20(18,19)15-2)11-8-10(14)3-4-12(11)17-9/h3-4,7-8,15H,5-6,14H2,1-2H3,(H,16,17). The second-order valence-electron chi connectivity index (χ2n) is 4.54. The molecule has 0 aliphatic rings. The molecule has 2 aromatic rings. The van der Waals surface area contributed by atoms with E-state index in [1.807, 2.05) is 25.1 Å². The summed E-state index contributed by atoms with van der Waals surface area (Å²) >= 11 is 0. The average Bonchev–Trinajstić information content (AvgIpc) is 2.39. The molecule has 0 spiro atoms. The van der Waals surface area contributed by atoms with E-state index in [9.17, 15) is 8.42 Å². The van der Waals surface area contributed by atoms with Crippen LogP contribution in [0, 0.1) is 6.92 Å². The number of fused-ring (bicyclic) bond motifs is 1. The molecule has 0 aliphatic heterocycles. The molecule has 2 rings (SSSR count). The molecule has 0 unspecified atom stereocenters. The average molecular weight is 294 g/mol. The summed E-state index contributed by atoms with van der Waals surface area (Å²) in [5, 5.41) is 4.02. The van der Waals surface area contributed by atoms with Gasteiger partial charge in [0.25, 0.3) is 0 Å². The van der Waals surface area contributed by atoms with Crippen LogP contribution in [0.15, 0.2) is 24.3 Å². The first kappa shape index (κ1) is 14.5. The normalized spacial score (nSPS) is 11.7. The van der Waals surface area contributed by atoms with Crippen LogP contribution in [-0.2, 0) is 10.0 Å². The van der Waals surface area contributed by atoms with Gasteiger partial charge in [-0.15, -0.1) is 0 Å². The molecule has 0 bridgehead atoms. The maximum Gasteiger partial charge on any atom is 0.213 e. The van der Waals surface area contributed by atoms with Gasteiger partial charge in [0.15, 0.2) is 0 Å². The molecule has 0 atom stereocenters. The summed E-state index contributed by atoms with van der Waals surface area (Å²) in [5.74, 6) is 0.00861. The Bertz CT molecular complexity index is 728. The van der Waals surface area contributed by atoms with Gasteiger partial charge in [0.2, 0.25) is 10.0 Å². The number of sulfonamides is 1. The number of nitrogens with one attached hydrogen (secondary N) is 2. The van der Waals surface area contributed by atoms with Gasteiger partial charge in [-0.2, -0.15) is 0 Å². The van der Waals surface area contributed by atoms with Gasteiger partial charge in [0, 0.05) is 29.0 Å². The van der Waals surface area contributed by atoms with E-state index in [0.717, 1.165) is 22.3 Å². The second-order valence-corrected chi connectivity index (χ2v) is 6.58. The number of pyridine rings is 1. The zero-order valence-corrected chi connectivity index (χ0v) is 12.3. The van der Waals surface area contributed by atoms with Gasteiger partial charge in [-0.25, -0.2) is 13.1 Å². The van der Waals surface area contributed by atoms with Gasteiger partial charge in [-0.3, -0.25) is 4.98 Å². The SMILES string of the molecule is CNS(=O)(=O)CCNc1cc(C)nc2ccc(N)cc12. The number of aromatic nitrogens is 1. The number of nitrogens with zero attached hydrogens (tertiary/aromatic N) is 1. The summed E-state index contributed by atoms with van der Waals surface area (Å²) in [7, 11) is -1.81. The first-order valence-corrected chi connectivity index (χ1v) is 7.88. The van der Waals surface area contributed by atoms with Gasteiger partial charge in [-0.05, 0) is 38.2 Å². The third-order valence-electron chi connectivity index (χ3n) is 2.96. The van der Waals surface area contributed by atoms with Crippen LogP contribution in [-0.4, -0.2) is 32.7 Å². The molecule has 0 fully saturated rings. The van der Waals surface area contributed by atoms with Crippen molar-refractivity contribution in [1.82, 2.24) is 9.71 Å². The van der Waals surface area contributed by atoms with Crippen molar-refractivity contribution < 1.29 is 8.42 Å². The predicted octanol–water partition coefficient (Wildman–Crippen LogP) is 1.09. The molecule has 0 aliphatic carbocycles. The van der Waals surface area contributed by atoms with Crippen LogP contribution in [0.5, 0.6) is 0 Å². The van der Waals surface area contributed by atoms with Crippen LogP contribution in [0.2, 0.25) is 0 Å². The fraction of sp³-hybridized carbons (Fsp3) is 0.308. The maximum absolute atomic E-state index is 11.4. The van der Waals surface area contributed by atoms with Crippen molar-refractivity contribution in [3.05, 3.63) is 30.0 Å². The minimum absolute atomic E-state index is 0.00861. The number of rotatable bonds is 5. The second kappa shape index (κ2) is 5.64. The molecule has 1 aromatic heterocycles. The monoisotopic (exact) mass is 294 g/mol. The fourth-order valence-corrected chi connectivity index (χ4v) is 2.52. The molecule has 7 heteroatoms. The zero-order chi connectivity index (χ0) is 14.8. The number of nitrogen functional groups attached to an aromatic ring is 1. The van der Waals surface area contributed by atoms with Crippen molar-refractivity contribution in [2.45, 2.75) is 6.92 Å². The molecule has 0 amide bonds. The van der Waals surface area contributed by atoms with Crippen molar-refractivity contribution in [2.24, 2.45) is 0 Å². The van der Waals surface area contributed by atoms with E-state index in [2.05, 4.69) is 15.0 Å². The molecule has 6 nitrogen and oxygen atoms in total. The highest BCUT2D eigenvalue weighted by molar-refractivity contribution is 7.89. The van der Waals surface area contributed by atoms with Crippen LogP contribution in [0.1, 0.15) is 5.69 Å². The summed E-state index contributed by atoms with van der Waals surface area (Å²) in [4.78, 5) is 4.42. The van der Waals surface area contributed by atoms with Gasteiger partial charge in [0.05, 0.1) is 11.3 Å². The topological polar surface area (TPSA) is 97.1 Å². The summed E-state index contributed by atoms with van der Waals surface area (Å²) in [6.07, 6.45) is 0. The van der Waals surface area contributed by atoms with Crippen LogP contribution in [0.3, 0.4) is 0 Å². The van der Waals surface area contributed by atoms with Gasteiger partial charge in [0.1, 0.15) is 0 Å². The quantitative estimate of drug-likeness (QED) is 0.717. The van der Waals surface area contributed by atoms with Crippen LogP contribution in [0.25, 0.3) is 10.9 Å². The molecule has 1 aromatic carbocycles. The summed E-state index contributed by atoms with van der Waals surface area (Å²) < 4.78 is 25.1. The Hall–Kier alpha value is -1.86. The van der Waals surface area contributed by atoms with Crippen LogP contribution in [0.4, 0.5) is 11.4 Å². The number of hydrogen-bond donors (Lipinski definition) is 3. The first-order chi connectivity index (χ1) is 9.41. The van der Waals surface area contributed by atoms with Gasteiger partial charge in [-0.1, -0.05) is 0 Å². The molecule has 0 radical (unpaired) electrons. The third kappa shape index (κ3) is 3.37. The largest absolute Gasteiger partial charge is 0.399 e. The lowest BCUT2D eigenvalue weighted by molar-refractivity contribution is 0.588. The van der Waals surface area contributed by atoms with Crippen molar-refractivity contribution >= 4 is 32.3 Å². The van der Waals surface area contributed by atoms with Gasteiger partial charge < -0.3 is 11.1 Å². The Labute approximate surface area is 118 Å². The molecular formula is C13H18N4O2S. The highest BCUT2D eigenvalue weighted by atomic mass is 32.2. The smallest absolute Gasteiger partial charge is 0.213 e. The fourth-order valence-electron chi connectivity index (χ4n) is 1.94. The van der Waals surface area contributed by atoms with Crippen LogP contribution >= 0.6 is 0 Å². The highest BCUT2D eigenvalue weighted by Crippen LogP contribution is 2.25. The maximum atomic E-state index is 11.4. The number of hydrogen-bond acceptors (Lipinski definition) is 5. The minimum atomic E-state index is -3.21. The Morgan fingerprint density at radius 1 is 1.30 bits per heavy atom. The summed E-state index contributed by atoms with van der Waals surface area (Å²) in [6.45, 7) is 2.21. The number of anilines is 2. The van der Waals surface area contributed by atoms with E-state index in [1.54, 1.807) is 6.07 Å². The van der Waals surface area contributed by atoms with Crippen molar-refractivity contribution in [3.63, 3.8) is 0 Å². The lowest BCUT2D eigenvalue weighted by Gasteiger charge is -2.11. The van der Waals surface area contributed by atoms with Crippen molar-refractivity contribution in [3.8, 4) is 0 Å². The zero-order valence-electron chi connectivity index (χ0n) is 11.5. The number of nitrogens with two attached hydrogens (primary N) is 1. The Kier molecular flexibility index (Phi) is 4.10. The highest BCUT2D eigenvalue weighted by Gasteiger charge is 2.08. The Balaban J connectivity index is 2.27. The van der Waals surface area contributed by atoms with E-state index in [4.69, 9.17) is 5.73 Å². The lowest BCUT2D eigenvalue weighted by atomic mass is 10.1. The number of benzene rings is 1. The van der Waals surface area contributed by atoms with Crippen molar-refractivity contribution in [1.29, 1.82) is 0 Å². The van der Waals surface area contributed by atoms with E-state index >= 15 is 0 Å². The number of aryl methyl sites for hydroxylation is 1. The lowest BCUT2D eigenvalue weighted by Crippen LogP contribution is -2.26. The molecule has 1 heterocycles. The van der Waals surface area contributed by atoms with E-state index in [-0.39, 0.29) is 5.75 Å². The Morgan fingerprint density at radius 3 is 2.75 bits per heavy atom. The molecule has 0 saturated carbocycles. The minimum Gasteiger partial charge on any atom is -0.399 e. The molecule has 0 saturated heterocycles. The molecule has 20 heavy (non-hydrogen) atoms. The first-order valence-electron chi connectivity index (χ1n) is 6.23.